The van der Waals surface area contributed by atoms with Crippen LogP contribution in [-0.2, 0) is 19.8 Å². The second-order valence-electron chi connectivity index (χ2n) is 13.7. The van der Waals surface area contributed by atoms with E-state index in [9.17, 15) is 28.0 Å². The Balaban J connectivity index is 0.00000504. The van der Waals surface area contributed by atoms with Crippen molar-refractivity contribution in [3.63, 3.8) is 0 Å². The number of hydrogen-bond donors (Lipinski definition) is 1. The third kappa shape index (κ3) is 8.18. The number of carbonyl (C=O) groups is 1. The summed E-state index contributed by atoms with van der Waals surface area (Å²) in [6.07, 6.45) is 0.215. The number of benzene rings is 3. The molecule has 1 aliphatic rings. The summed E-state index contributed by atoms with van der Waals surface area (Å²) in [4.78, 5) is 28.3. The number of carbonyl (C=O) groups excluding carboxylic acids is 1. The van der Waals surface area contributed by atoms with Crippen LogP contribution in [0.1, 0.15) is 52.7 Å². The molecular formula is C38H39BrF3N7O2. The highest BCUT2D eigenvalue weighted by Crippen LogP contribution is 2.32. The second kappa shape index (κ2) is 15.1. The Morgan fingerprint density at radius 2 is 1.65 bits per heavy atom. The molecule has 0 atom stereocenters. The van der Waals surface area contributed by atoms with Crippen LogP contribution in [0.2, 0.25) is 0 Å². The molecule has 13 heteroatoms. The maximum absolute atomic E-state index is 14.2. The minimum Gasteiger partial charge on any atom is -1.00 e. The highest BCUT2D eigenvalue weighted by molar-refractivity contribution is 6.00. The third-order valence-corrected chi connectivity index (χ3v) is 9.43. The summed E-state index contributed by atoms with van der Waals surface area (Å²) in [5.74, 6) is -0.114. The predicted molar refractivity (Wildman–Crippen MR) is 184 cm³/mol. The lowest BCUT2D eigenvalue weighted by Crippen LogP contribution is -3.00. The molecule has 3 aromatic carbocycles. The maximum Gasteiger partial charge on any atom is 0.416 e. The van der Waals surface area contributed by atoms with Crippen LogP contribution in [0.25, 0.3) is 22.8 Å². The SMILES string of the molecule is Cn1c(-c2ccnn2-c2ccc(C#N)cc2)c(C(=O)N[C@H]2CC[C@H](C[N+](C)(C)Cc3ccccc3)CC2)c(=O)n1-c1cccc(C(F)(F)F)c1.[Br-]. The first kappa shape index (κ1) is 37.3. The van der Waals surface area contributed by atoms with Crippen LogP contribution >= 0.6 is 0 Å². The van der Waals surface area contributed by atoms with Crippen molar-refractivity contribution in [3.05, 3.63) is 124 Å². The summed E-state index contributed by atoms with van der Waals surface area (Å²) in [5.41, 5.74) is 0.986. The highest BCUT2D eigenvalue weighted by atomic mass is 79.9. The molecule has 6 rings (SSSR count). The number of alkyl halides is 3. The van der Waals surface area contributed by atoms with E-state index < -0.39 is 23.2 Å². The Bertz CT molecular complexity index is 2090. The zero-order valence-corrected chi connectivity index (χ0v) is 30.2. The zero-order valence-electron chi connectivity index (χ0n) is 28.6. The number of quaternary nitrogens is 1. The van der Waals surface area contributed by atoms with E-state index in [2.05, 4.69) is 54.8 Å². The van der Waals surface area contributed by atoms with Crippen LogP contribution in [-0.4, -0.2) is 56.2 Å². The van der Waals surface area contributed by atoms with E-state index in [-0.39, 0.29) is 40.0 Å². The minimum absolute atomic E-state index is 0. The van der Waals surface area contributed by atoms with Gasteiger partial charge in [-0.15, -0.1) is 0 Å². The molecule has 0 aliphatic heterocycles. The quantitative estimate of drug-likeness (QED) is 0.233. The number of aromatic nitrogens is 4. The van der Waals surface area contributed by atoms with Crippen molar-refractivity contribution in [3.8, 4) is 28.8 Å². The molecule has 9 nitrogen and oxygen atoms in total. The van der Waals surface area contributed by atoms with Gasteiger partial charge in [-0.05, 0) is 74.2 Å². The molecule has 1 aliphatic carbocycles. The van der Waals surface area contributed by atoms with Crippen LogP contribution in [0, 0.1) is 17.2 Å². The Morgan fingerprint density at radius 1 is 0.961 bits per heavy atom. The molecule has 0 radical (unpaired) electrons. The molecule has 2 aromatic heterocycles. The molecule has 0 bridgehead atoms. The van der Waals surface area contributed by atoms with Gasteiger partial charge in [-0.3, -0.25) is 14.3 Å². The minimum atomic E-state index is -4.63. The molecule has 1 N–H and O–H groups in total. The lowest BCUT2D eigenvalue weighted by Gasteiger charge is -2.36. The van der Waals surface area contributed by atoms with Crippen molar-refractivity contribution in [2.45, 2.75) is 44.4 Å². The number of nitriles is 1. The van der Waals surface area contributed by atoms with Crippen molar-refractivity contribution >= 4 is 5.91 Å². The first-order valence-corrected chi connectivity index (χ1v) is 16.6. The van der Waals surface area contributed by atoms with Gasteiger partial charge in [-0.25, -0.2) is 9.36 Å². The third-order valence-electron chi connectivity index (χ3n) is 9.43. The average Bonchev–Trinajstić information content (AvgIpc) is 3.67. The van der Waals surface area contributed by atoms with Gasteiger partial charge in [0.2, 0.25) is 0 Å². The van der Waals surface area contributed by atoms with Crippen molar-refractivity contribution in [1.29, 1.82) is 5.26 Å². The summed E-state index contributed by atoms with van der Waals surface area (Å²) in [6.45, 7) is 1.92. The van der Waals surface area contributed by atoms with Crippen molar-refractivity contribution < 1.29 is 39.4 Å². The fraction of sp³-hybridized carbons (Fsp3) is 0.316. The van der Waals surface area contributed by atoms with E-state index in [4.69, 9.17) is 0 Å². The lowest BCUT2D eigenvalue weighted by molar-refractivity contribution is -0.907. The van der Waals surface area contributed by atoms with Gasteiger partial charge in [-0.2, -0.15) is 23.5 Å². The number of hydrogen-bond acceptors (Lipinski definition) is 4. The predicted octanol–water partition coefficient (Wildman–Crippen LogP) is 3.49. The van der Waals surface area contributed by atoms with Gasteiger partial charge >= 0.3 is 6.18 Å². The van der Waals surface area contributed by atoms with Gasteiger partial charge in [0.1, 0.15) is 17.8 Å². The van der Waals surface area contributed by atoms with E-state index in [0.717, 1.165) is 60.1 Å². The number of halogens is 4. The number of nitrogens with zero attached hydrogens (tertiary/aromatic N) is 6. The van der Waals surface area contributed by atoms with Crippen molar-refractivity contribution in [2.24, 2.45) is 13.0 Å². The summed E-state index contributed by atoms with van der Waals surface area (Å²) in [6, 6.07) is 25.0. The maximum atomic E-state index is 14.2. The monoisotopic (exact) mass is 761 g/mol. The zero-order chi connectivity index (χ0) is 35.6. The van der Waals surface area contributed by atoms with Crippen LogP contribution in [0.15, 0.2) is 95.9 Å². The highest BCUT2D eigenvalue weighted by Gasteiger charge is 2.34. The molecule has 1 amide bonds. The number of nitrogens with one attached hydrogen (secondary N) is 1. The summed E-state index contributed by atoms with van der Waals surface area (Å²) in [7, 11) is 6.00. The number of amides is 1. The Morgan fingerprint density at radius 3 is 2.29 bits per heavy atom. The largest absolute Gasteiger partial charge is 1.00 e. The number of rotatable bonds is 9. The van der Waals surface area contributed by atoms with Crippen molar-refractivity contribution in [1.82, 2.24) is 24.5 Å². The van der Waals surface area contributed by atoms with Crippen LogP contribution < -0.4 is 27.9 Å². The van der Waals surface area contributed by atoms with Gasteiger partial charge in [0, 0.05) is 24.6 Å². The van der Waals surface area contributed by atoms with Crippen LogP contribution in [0.4, 0.5) is 13.2 Å². The van der Waals surface area contributed by atoms with E-state index >= 15 is 0 Å². The molecule has 0 unspecified atom stereocenters. The van der Waals surface area contributed by atoms with E-state index in [1.54, 1.807) is 30.3 Å². The fourth-order valence-electron chi connectivity index (χ4n) is 7.16. The summed E-state index contributed by atoms with van der Waals surface area (Å²) < 4.78 is 46.0. The van der Waals surface area contributed by atoms with Crippen molar-refractivity contribution in [2.75, 3.05) is 20.6 Å². The van der Waals surface area contributed by atoms with Gasteiger partial charge in [0.25, 0.3) is 11.5 Å². The molecular weight excluding hydrogens is 723 g/mol. The standard InChI is InChI=1S/C38H38F3N7O2.BrH/c1-45-35(33-20-21-43-46(33)31-18-14-26(23-42)15-19-31)34(37(50)47(45)32-11-7-10-29(22-32)38(39,40)41)36(49)44-30-16-12-28(13-17-30)25-48(2,3)24-27-8-5-4-6-9-27;/h4-11,14-15,18-22,28,30H,12-13,16-17,24-25H2,1-3H3;1H/t28-,30-;. The second-order valence-corrected chi connectivity index (χ2v) is 13.7. The topological polar surface area (TPSA) is 97.6 Å². The van der Waals surface area contributed by atoms with Gasteiger partial charge in [-0.1, -0.05) is 36.4 Å². The average molecular weight is 763 g/mol. The molecule has 1 saturated carbocycles. The van der Waals surface area contributed by atoms with Crippen LogP contribution in [0.3, 0.4) is 0 Å². The summed E-state index contributed by atoms with van der Waals surface area (Å²) in [5, 5.41) is 16.8. The summed E-state index contributed by atoms with van der Waals surface area (Å²) >= 11 is 0. The molecule has 1 fully saturated rings. The van der Waals surface area contributed by atoms with Crippen LogP contribution in [0.5, 0.6) is 0 Å². The van der Waals surface area contributed by atoms with E-state index in [1.807, 2.05) is 6.07 Å². The molecule has 0 saturated heterocycles. The van der Waals surface area contributed by atoms with Gasteiger partial charge in [0.15, 0.2) is 0 Å². The molecule has 0 spiro atoms. The normalized spacial score (nSPS) is 16.3. The Kier molecular flexibility index (Phi) is 11.1. The molecule has 2 heterocycles. The Hall–Kier alpha value is -4.93. The van der Waals surface area contributed by atoms with E-state index in [1.165, 1.54) is 40.3 Å². The first-order chi connectivity index (χ1) is 23.8. The van der Waals surface area contributed by atoms with Gasteiger partial charge in [0.05, 0.1) is 61.1 Å². The lowest BCUT2D eigenvalue weighted by atomic mass is 9.85. The molecule has 51 heavy (non-hydrogen) atoms. The Labute approximate surface area is 304 Å². The fourth-order valence-corrected chi connectivity index (χ4v) is 7.16. The molecule has 266 valence electrons. The smallest absolute Gasteiger partial charge is 0.416 e. The molecule has 5 aromatic rings. The van der Waals surface area contributed by atoms with E-state index in [0.29, 0.717) is 22.9 Å². The van der Waals surface area contributed by atoms with Gasteiger partial charge < -0.3 is 26.8 Å². The first-order valence-electron chi connectivity index (χ1n) is 16.6.